The first-order chi connectivity index (χ1) is 10.6. The molecule has 0 spiro atoms. The SMILES string of the molecule is Cc1cccc(N(C)Cc2coc(-c3ccc(O)cc3)n2)c1. The van der Waals surface area contributed by atoms with Crippen LogP contribution in [0.3, 0.4) is 0 Å². The van der Waals surface area contributed by atoms with E-state index in [9.17, 15) is 5.11 Å². The predicted molar refractivity (Wildman–Crippen MR) is 86.9 cm³/mol. The number of rotatable bonds is 4. The summed E-state index contributed by atoms with van der Waals surface area (Å²) in [5.41, 5.74) is 4.10. The van der Waals surface area contributed by atoms with E-state index < -0.39 is 0 Å². The Balaban J connectivity index is 1.75. The summed E-state index contributed by atoms with van der Waals surface area (Å²) >= 11 is 0. The van der Waals surface area contributed by atoms with E-state index in [1.807, 2.05) is 13.1 Å². The van der Waals surface area contributed by atoms with Gasteiger partial charge in [0.1, 0.15) is 12.0 Å². The molecule has 2 aromatic carbocycles. The second kappa shape index (κ2) is 5.93. The Morgan fingerprint density at radius 1 is 1.14 bits per heavy atom. The van der Waals surface area contributed by atoms with Gasteiger partial charge in [-0.15, -0.1) is 0 Å². The Bertz CT molecular complexity index is 763. The fourth-order valence-electron chi connectivity index (χ4n) is 2.32. The molecule has 4 heteroatoms. The van der Waals surface area contributed by atoms with Crippen molar-refractivity contribution < 1.29 is 9.52 Å². The summed E-state index contributed by atoms with van der Waals surface area (Å²) in [5, 5.41) is 9.32. The van der Waals surface area contributed by atoms with Crippen molar-refractivity contribution in [2.75, 3.05) is 11.9 Å². The van der Waals surface area contributed by atoms with Crippen LogP contribution >= 0.6 is 0 Å². The number of phenols is 1. The largest absolute Gasteiger partial charge is 0.508 e. The van der Waals surface area contributed by atoms with Crippen molar-refractivity contribution in [3.63, 3.8) is 0 Å². The maximum atomic E-state index is 9.32. The van der Waals surface area contributed by atoms with Gasteiger partial charge in [0.25, 0.3) is 0 Å². The van der Waals surface area contributed by atoms with Crippen LogP contribution in [0.1, 0.15) is 11.3 Å². The zero-order chi connectivity index (χ0) is 15.5. The summed E-state index contributed by atoms with van der Waals surface area (Å²) in [4.78, 5) is 6.64. The quantitative estimate of drug-likeness (QED) is 0.790. The van der Waals surface area contributed by atoms with Crippen molar-refractivity contribution >= 4 is 5.69 Å². The summed E-state index contributed by atoms with van der Waals surface area (Å²) in [7, 11) is 2.03. The fraction of sp³-hybridized carbons (Fsp3) is 0.167. The second-order valence-corrected chi connectivity index (χ2v) is 5.39. The molecule has 0 aliphatic rings. The summed E-state index contributed by atoms with van der Waals surface area (Å²) in [6.07, 6.45) is 1.68. The molecule has 0 saturated carbocycles. The number of anilines is 1. The maximum absolute atomic E-state index is 9.32. The molecule has 0 bridgehead atoms. The Morgan fingerprint density at radius 3 is 2.64 bits per heavy atom. The molecule has 3 rings (SSSR count). The topological polar surface area (TPSA) is 49.5 Å². The number of hydrogen-bond acceptors (Lipinski definition) is 4. The highest BCUT2D eigenvalue weighted by molar-refractivity contribution is 5.55. The lowest BCUT2D eigenvalue weighted by Crippen LogP contribution is -2.16. The number of benzene rings is 2. The Hall–Kier alpha value is -2.75. The third-order valence-corrected chi connectivity index (χ3v) is 3.51. The fourth-order valence-corrected chi connectivity index (χ4v) is 2.32. The molecule has 0 aliphatic carbocycles. The highest BCUT2D eigenvalue weighted by Gasteiger charge is 2.09. The van der Waals surface area contributed by atoms with Gasteiger partial charge in [0.15, 0.2) is 0 Å². The first-order valence-electron chi connectivity index (χ1n) is 7.13. The van der Waals surface area contributed by atoms with Crippen molar-refractivity contribution in [2.45, 2.75) is 13.5 Å². The highest BCUT2D eigenvalue weighted by Crippen LogP contribution is 2.22. The zero-order valence-corrected chi connectivity index (χ0v) is 12.7. The van der Waals surface area contributed by atoms with Gasteiger partial charge in [-0.3, -0.25) is 0 Å². The Labute approximate surface area is 129 Å². The van der Waals surface area contributed by atoms with Crippen molar-refractivity contribution in [1.82, 2.24) is 4.98 Å². The van der Waals surface area contributed by atoms with Crippen LogP contribution in [0, 0.1) is 6.92 Å². The third-order valence-electron chi connectivity index (χ3n) is 3.51. The number of oxazole rings is 1. The molecule has 22 heavy (non-hydrogen) atoms. The van der Waals surface area contributed by atoms with Crippen molar-refractivity contribution in [3.05, 3.63) is 66.1 Å². The lowest BCUT2D eigenvalue weighted by Gasteiger charge is -2.18. The number of aromatic hydroxyl groups is 1. The standard InChI is InChI=1S/C18H18N2O2/c1-13-4-3-5-16(10-13)20(2)11-15-12-22-18(19-15)14-6-8-17(21)9-7-14/h3-10,12,21H,11H2,1-2H3. The first-order valence-corrected chi connectivity index (χ1v) is 7.13. The van der Waals surface area contributed by atoms with Crippen LogP contribution in [0.2, 0.25) is 0 Å². The van der Waals surface area contributed by atoms with Gasteiger partial charge in [-0.2, -0.15) is 0 Å². The van der Waals surface area contributed by atoms with Gasteiger partial charge in [-0.05, 0) is 48.9 Å². The smallest absolute Gasteiger partial charge is 0.226 e. The lowest BCUT2D eigenvalue weighted by atomic mass is 10.2. The number of phenolic OH excluding ortho intramolecular Hbond substituents is 1. The average Bonchev–Trinajstić information content (AvgIpc) is 2.96. The molecular weight excluding hydrogens is 276 g/mol. The molecule has 0 saturated heterocycles. The predicted octanol–water partition coefficient (Wildman–Crippen LogP) is 3.99. The molecule has 112 valence electrons. The summed E-state index contributed by atoms with van der Waals surface area (Å²) in [6.45, 7) is 2.75. The maximum Gasteiger partial charge on any atom is 0.226 e. The van der Waals surface area contributed by atoms with E-state index >= 15 is 0 Å². The van der Waals surface area contributed by atoms with E-state index in [1.54, 1.807) is 30.5 Å². The first kappa shape index (κ1) is 14.2. The van der Waals surface area contributed by atoms with E-state index in [-0.39, 0.29) is 5.75 Å². The van der Waals surface area contributed by atoms with E-state index in [0.717, 1.165) is 16.9 Å². The minimum atomic E-state index is 0.231. The number of hydrogen-bond donors (Lipinski definition) is 1. The monoisotopic (exact) mass is 294 g/mol. The Kier molecular flexibility index (Phi) is 3.83. The van der Waals surface area contributed by atoms with Gasteiger partial charge in [0.2, 0.25) is 5.89 Å². The number of aromatic nitrogens is 1. The van der Waals surface area contributed by atoms with Gasteiger partial charge in [0, 0.05) is 18.3 Å². The van der Waals surface area contributed by atoms with E-state index in [4.69, 9.17) is 4.42 Å². The van der Waals surface area contributed by atoms with Crippen LogP contribution in [0.5, 0.6) is 5.75 Å². The van der Waals surface area contributed by atoms with Crippen LogP contribution in [-0.4, -0.2) is 17.1 Å². The summed E-state index contributed by atoms with van der Waals surface area (Å²) in [6, 6.07) is 15.2. The molecule has 0 aliphatic heterocycles. The van der Waals surface area contributed by atoms with Crippen LogP contribution < -0.4 is 4.90 Å². The van der Waals surface area contributed by atoms with E-state index in [2.05, 4.69) is 35.0 Å². The van der Waals surface area contributed by atoms with E-state index in [1.165, 1.54) is 5.56 Å². The molecular formula is C18H18N2O2. The zero-order valence-electron chi connectivity index (χ0n) is 12.7. The van der Waals surface area contributed by atoms with Gasteiger partial charge in [0.05, 0.1) is 12.2 Å². The molecule has 0 unspecified atom stereocenters. The third kappa shape index (κ3) is 3.11. The number of aryl methyl sites for hydroxylation is 1. The molecule has 1 heterocycles. The van der Waals surface area contributed by atoms with Crippen molar-refractivity contribution in [2.24, 2.45) is 0 Å². The summed E-state index contributed by atoms with van der Waals surface area (Å²) in [5.74, 6) is 0.794. The minimum Gasteiger partial charge on any atom is -0.508 e. The van der Waals surface area contributed by atoms with Gasteiger partial charge >= 0.3 is 0 Å². The van der Waals surface area contributed by atoms with Crippen molar-refractivity contribution in [3.8, 4) is 17.2 Å². The minimum absolute atomic E-state index is 0.231. The molecule has 0 fully saturated rings. The van der Waals surface area contributed by atoms with E-state index in [0.29, 0.717) is 12.4 Å². The number of nitrogens with zero attached hydrogens (tertiary/aromatic N) is 2. The van der Waals surface area contributed by atoms with Crippen LogP contribution in [0.15, 0.2) is 59.2 Å². The highest BCUT2D eigenvalue weighted by atomic mass is 16.3. The Morgan fingerprint density at radius 2 is 1.91 bits per heavy atom. The lowest BCUT2D eigenvalue weighted by molar-refractivity contribution is 0.475. The molecule has 0 amide bonds. The van der Waals surface area contributed by atoms with Crippen LogP contribution in [-0.2, 0) is 6.54 Å². The van der Waals surface area contributed by atoms with Gasteiger partial charge in [-0.1, -0.05) is 12.1 Å². The van der Waals surface area contributed by atoms with Gasteiger partial charge < -0.3 is 14.4 Å². The molecule has 0 radical (unpaired) electrons. The summed E-state index contributed by atoms with van der Waals surface area (Å²) < 4.78 is 5.53. The molecule has 4 nitrogen and oxygen atoms in total. The normalized spacial score (nSPS) is 10.6. The second-order valence-electron chi connectivity index (χ2n) is 5.39. The van der Waals surface area contributed by atoms with Crippen molar-refractivity contribution in [1.29, 1.82) is 0 Å². The van der Waals surface area contributed by atoms with Gasteiger partial charge in [-0.25, -0.2) is 4.98 Å². The molecule has 1 N–H and O–H groups in total. The van der Waals surface area contributed by atoms with Crippen LogP contribution in [0.25, 0.3) is 11.5 Å². The molecule has 1 aromatic heterocycles. The molecule has 3 aromatic rings. The average molecular weight is 294 g/mol. The molecule has 0 atom stereocenters. The van der Waals surface area contributed by atoms with Crippen LogP contribution in [0.4, 0.5) is 5.69 Å².